The maximum Gasteiger partial charge on any atom is 0.432 e. The maximum atomic E-state index is 12.9. The van der Waals surface area contributed by atoms with Crippen LogP contribution < -0.4 is 5.32 Å². The molecule has 0 saturated carbocycles. The van der Waals surface area contributed by atoms with Crippen LogP contribution in [0.4, 0.5) is 13.2 Å². The van der Waals surface area contributed by atoms with Crippen molar-refractivity contribution in [2.24, 2.45) is 0 Å². The van der Waals surface area contributed by atoms with Crippen molar-refractivity contribution in [1.82, 2.24) is 15.5 Å². The summed E-state index contributed by atoms with van der Waals surface area (Å²) < 4.78 is 38.6. The number of aromatic amines is 1. The molecule has 3 aromatic rings. The summed E-state index contributed by atoms with van der Waals surface area (Å²) in [7, 11) is 1.51. The highest BCUT2D eigenvalue weighted by molar-refractivity contribution is 5.99. The standard InChI is InChI=1S/C17H14F3N3O/c1-21-15(24)8-11-7-6-10-4-2-3-5-12(10)16(11)13-9-14(23-22-13)17(18,19)20/h2-7,9H,8H2,1H3,(H,21,24)(H,22,23). The second-order valence-electron chi connectivity index (χ2n) is 5.34. The van der Waals surface area contributed by atoms with E-state index >= 15 is 0 Å². The van der Waals surface area contributed by atoms with Crippen LogP contribution in [0.15, 0.2) is 42.5 Å². The Hall–Kier alpha value is -2.83. The number of amides is 1. The van der Waals surface area contributed by atoms with Crippen LogP contribution in [0.2, 0.25) is 0 Å². The normalized spacial score (nSPS) is 11.7. The molecule has 124 valence electrons. The van der Waals surface area contributed by atoms with Gasteiger partial charge >= 0.3 is 6.18 Å². The molecular weight excluding hydrogens is 319 g/mol. The van der Waals surface area contributed by atoms with Crippen molar-refractivity contribution < 1.29 is 18.0 Å². The number of H-pyrrole nitrogens is 1. The summed E-state index contributed by atoms with van der Waals surface area (Å²) in [5.41, 5.74) is 0.395. The fraction of sp³-hybridized carbons (Fsp3) is 0.176. The molecule has 0 radical (unpaired) electrons. The van der Waals surface area contributed by atoms with E-state index in [2.05, 4.69) is 10.4 Å². The number of alkyl halides is 3. The summed E-state index contributed by atoms with van der Waals surface area (Å²) in [6.45, 7) is 0. The Bertz CT molecular complexity index is 899. The molecule has 0 saturated heterocycles. The number of nitrogens with zero attached hydrogens (tertiary/aromatic N) is 1. The first kappa shape index (κ1) is 16.0. The van der Waals surface area contributed by atoms with Crippen LogP contribution in [0.1, 0.15) is 11.3 Å². The second kappa shape index (κ2) is 5.99. The van der Waals surface area contributed by atoms with Gasteiger partial charge in [0.15, 0.2) is 0 Å². The highest BCUT2D eigenvalue weighted by Crippen LogP contribution is 2.35. The van der Waals surface area contributed by atoms with Gasteiger partial charge in [0.25, 0.3) is 0 Å². The molecule has 0 spiro atoms. The van der Waals surface area contributed by atoms with E-state index in [1.807, 2.05) is 23.3 Å². The summed E-state index contributed by atoms with van der Waals surface area (Å²) in [4.78, 5) is 11.7. The van der Waals surface area contributed by atoms with Crippen LogP contribution in [-0.2, 0) is 17.4 Å². The van der Waals surface area contributed by atoms with Crippen LogP contribution in [0.3, 0.4) is 0 Å². The monoisotopic (exact) mass is 333 g/mol. The SMILES string of the molecule is CNC(=O)Cc1ccc2ccccc2c1-c1cc(C(F)(F)F)[nH]n1. The van der Waals surface area contributed by atoms with Crippen LogP contribution in [0, 0.1) is 0 Å². The van der Waals surface area contributed by atoms with Crippen molar-refractivity contribution in [1.29, 1.82) is 0 Å². The number of rotatable bonds is 3. The molecule has 3 rings (SSSR count). The van der Waals surface area contributed by atoms with Gasteiger partial charge in [-0.05, 0) is 22.4 Å². The van der Waals surface area contributed by atoms with Gasteiger partial charge in [-0.1, -0.05) is 36.4 Å². The Balaban J connectivity index is 2.21. The van der Waals surface area contributed by atoms with Gasteiger partial charge in [0, 0.05) is 12.6 Å². The average molecular weight is 333 g/mol. The molecule has 2 N–H and O–H groups in total. The van der Waals surface area contributed by atoms with Crippen molar-refractivity contribution in [3.8, 4) is 11.3 Å². The van der Waals surface area contributed by atoms with E-state index in [1.165, 1.54) is 7.05 Å². The van der Waals surface area contributed by atoms with E-state index in [0.29, 0.717) is 11.1 Å². The second-order valence-corrected chi connectivity index (χ2v) is 5.34. The van der Waals surface area contributed by atoms with E-state index in [9.17, 15) is 18.0 Å². The number of nitrogens with one attached hydrogen (secondary N) is 2. The minimum atomic E-state index is -4.50. The van der Waals surface area contributed by atoms with Crippen LogP contribution >= 0.6 is 0 Å². The number of likely N-dealkylation sites (N-methyl/N-ethyl adjacent to an activating group) is 1. The topological polar surface area (TPSA) is 57.8 Å². The van der Waals surface area contributed by atoms with Gasteiger partial charge in [0.1, 0.15) is 5.69 Å². The van der Waals surface area contributed by atoms with E-state index in [0.717, 1.165) is 16.8 Å². The molecule has 0 fully saturated rings. The molecule has 0 aliphatic carbocycles. The third-order valence-corrected chi connectivity index (χ3v) is 3.78. The Kier molecular flexibility index (Phi) is 4.01. The van der Waals surface area contributed by atoms with Crippen molar-refractivity contribution in [3.05, 3.63) is 53.7 Å². The lowest BCUT2D eigenvalue weighted by Crippen LogP contribution is -2.20. The molecule has 1 amide bonds. The smallest absolute Gasteiger partial charge is 0.359 e. The summed E-state index contributed by atoms with van der Waals surface area (Å²) in [6, 6.07) is 11.9. The number of benzene rings is 2. The molecule has 1 heterocycles. The molecular formula is C17H14F3N3O. The van der Waals surface area contributed by atoms with Crippen molar-refractivity contribution in [2.75, 3.05) is 7.05 Å². The van der Waals surface area contributed by atoms with Crippen LogP contribution in [0.25, 0.3) is 22.0 Å². The third-order valence-electron chi connectivity index (χ3n) is 3.78. The minimum Gasteiger partial charge on any atom is -0.359 e. The van der Waals surface area contributed by atoms with E-state index in [4.69, 9.17) is 0 Å². The first-order chi connectivity index (χ1) is 11.4. The molecule has 7 heteroatoms. The zero-order valence-electron chi connectivity index (χ0n) is 12.7. The summed E-state index contributed by atoms with van der Waals surface area (Å²) in [5, 5.41) is 9.99. The van der Waals surface area contributed by atoms with Gasteiger partial charge in [-0.25, -0.2) is 0 Å². The quantitative estimate of drug-likeness (QED) is 0.770. The molecule has 24 heavy (non-hydrogen) atoms. The van der Waals surface area contributed by atoms with E-state index in [-0.39, 0.29) is 18.0 Å². The predicted molar refractivity (Wildman–Crippen MR) is 84.3 cm³/mol. The summed E-state index contributed by atoms with van der Waals surface area (Å²) >= 11 is 0. The fourth-order valence-electron chi connectivity index (χ4n) is 2.62. The predicted octanol–water partition coefficient (Wildman–Crippen LogP) is 3.54. The van der Waals surface area contributed by atoms with Crippen LogP contribution in [0.5, 0.6) is 0 Å². The molecule has 0 bridgehead atoms. The van der Waals surface area contributed by atoms with Gasteiger partial charge in [0.2, 0.25) is 5.91 Å². The van der Waals surface area contributed by atoms with E-state index in [1.54, 1.807) is 18.2 Å². The number of aromatic nitrogens is 2. The highest BCUT2D eigenvalue weighted by Gasteiger charge is 2.33. The largest absolute Gasteiger partial charge is 0.432 e. The maximum absolute atomic E-state index is 12.9. The Morgan fingerprint density at radius 3 is 2.62 bits per heavy atom. The van der Waals surface area contributed by atoms with Gasteiger partial charge in [-0.2, -0.15) is 18.3 Å². The Morgan fingerprint density at radius 1 is 1.21 bits per heavy atom. The van der Waals surface area contributed by atoms with Crippen molar-refractivity contribution >= 4 is 16.7 Å². The van der Waals surface area contributed by atoms with Crippen LogP contribution in [-0.4, -0.2) is 23.2 Å². The number of carbonyl (C=O) groups is 1. The molecule has 0 aliphatic heterocycles. The van der Waals surface area contributed by atoms with Gasteiger partial charge in [0.05, 0.1) is 12.1 Å². The fourth-order valence-corrected chi connectivity index (χ4v) is 2.62. The highest BCUT2D eigenvalue weighted by atomic mass is 19.4. The van der Waals surface area contributed by atoms with E-state index < -0.39 is 11.9 Å². The van der Waals surface area contributed by atoms with Crippen molar-refractivity contribution in [3.63, 3.8) is 0 Å². The molecule has 0 aliphatic rings. The van der Waals surface area contributed by atoms with Gasteiger partial charge in [-0.15, -0.1) is 0 Å². The Morgan fingerprint density at radius 2 is 1.96 bits per heavy atom. The number of carbonyl (C=O) groups excluding carboxylic acids is 1. The third kappa shape index (κ3) is 2.97. The van der Waals surface area contributed by atoms with Crippen molar-refractivity contribution in [2.45, 2.75) is 12.6 Å². The first-order valence-electron chi connectivity index (χ1n) is 7.24. The zero-order valence-corrected chi connectivity index (χ0v) is 12.7. The molecule has 2 aromatic carbocycles. The molecule has 0 atom stereocenters. The molecule has 4 nitrogen and oxygen atoms in total. The molecule has 1 aromatic heterocycles. The molecule has 0 unspecified atom stereocenters. The lowest BCUT2D eigenvalue weighted by molar-refractivity contribution is -0.141. The van der Waals surface area contributed by atoms with Gasteiger partial charge < -0.3 is 5.32 Å². The lowest BCUT2D eigenvalue weighted by Gasteiger charge is -2.11. The Labute approximate surface area is 135 Å². The zero-order chi connectivity index (χ0) is 17.3. The summed E-state index contributed by atoms with van der Waals surface area (Å²) in [5.74, 6) is -0.224. The number of halogens is 3. The average Bonchev–Trinajstić information content (AvgIpc) is 3.04. The summed E-state index contributed by atoms with van der Waals surface area (Å²) in [6.07, 6.45) is -4.44. The first-order valence-corrected chi connectivity index (χ1v) is 7.24. The number of hydrogen-bond acceptors (Lipinski definition) is 2. The number of hydrogen-bond donors (Lipinski definition) is 2. The number of fused-ring (bicyclic) bond motifs is 1. The van der Waals surface area contributed by atoms with Gasteiger partial charge in [-0.3, -0.25) is 9.89 Å². The minimum absolute atomic E-state index is 0.0604. The lowest BCUT2D eigenvalue weighted by atomic mass is 9.94.